The molecule has 3 aromatic heterocycles. The Kier molecular flexibility index (Phi) is 3.28. The second kappa shape index (κ2) is 5.35. The molecule has 4 aromatic rings. The second-order valence-corrected chi connectivity index (χ2v) is 5.87. The molecule has 1 N–H and O–H groups in total. The molecule has 0 fully saturated rings. The number of pyridine rings is 1. The highest BCUT2D eigenvalue weighted by molar-refractivity contribution is 6.31. The quantitative estimate of drug-likeness (QED) is 0.610. The van der Waals surface area contributed by atoms with Gasteiger partial charge in [0.1, 0.15) is 11.3 Å². The maximum atomic E-state index is 12.7. The first-order chi connectivity index (χ1) is 11.6. The Balaban J connectivity index is 2.31. The van der Waals surface area contributed by atoms with Crippen LogP contribution in [0.15, 0.2) is 47.4 Å². The van der Waals surface area contributed by atoms with Crippen LogP contribution in [0.4, 0.5) is 5.82 Å². The Hall–Kier alpha value is -2.86. The zero-order valence-electron chi connectivity index (χ0n) is 13.1. The predicted molar refractivity (Wildman–Crippen MR) is 96.2 cm³/mol. The number of halogens is 1. The summed E-state index contributed by atoms with van der Waals surface area (Å²) in [5.74, 6) is 1.05. The monoisotopic (exact) mass is 339 g/mol. The molecule has 0 aliphatic carbocycles. The molecule has 1 aromatic carbocycles. The van der Waals surface area contributed by atoms with Crippen molar-refractivity contribution in [3.05, 3.63) is 58.1 Å². The van der Waals surface area contributed by atoms with Crippen molar-refractivity contribution < 1.29 is 0 Å². The Morgan fingerprint density at radius 3 is 2.71 bits per heavy atom. The van der Waals surface area contributed by atoms with E-state index in [1.165, 1.54) is 4.57 Å². The highest BCUT2D eigenvalue weighted by Crippen LogP contribution is 2.33. The summed E-state index contributed by atoms with van der Waals surface area (Å²) in [7, 11) is 3.69. The fraction of sp³-hybridized carbons (Fsp3) is 0.118. The van der Waals surface area contributed by atoms with Crippen LogP contribution in [0.2, 0.25) is 5.02 Å². The SMILES string of the molecule is CNc1nc(=O)n(-c2ccccn2)c2c3cc(Cl)ccc3n(C)c12. The summed E-state index contributed by atoms with van der Waals surface area (Å²) in [6.07, 6.45) is 1.65. The molecule has 0 spiro atoms. The first-order valence-electron chi connectivity index (χ1n) is 7.41. The smallest absolute Gasteiger partial charge is 0.355 e. The van der Waals surface area contributed by atoms with Gasteiger partial charge in [0.15, 0.2) is 5.82 Å². The number of hydrogen-bond acceptors (Lipinski definition) is 4. The molecule has 0 atom stereocenters. The summed E-state index contributed by atoms with van der Waals surface area (Å²) in [4.78, 5) is 21.2. The Morgan fingerprint density at radius 2 is 2.00 bits per heavy atom. The van der Waals surface area contributed by atoms with E-state index >= 15 is 0 Å². The average molecular weight is 340 g/mol. The van der Waals surface area contributed by atoms with Crippen LogP contribution in [0.1, 0.15) is 0 Å². The summed E-state index contributed by atoms with van der Waals surface area (Å²) in [6.45, 7) is 0. The highest BCUT2D eigenvalue weighted by Gasteiger charge is 2.19. The van der Waals surface area contributed by atoms with Crippen molar-refractivity contribution in [1.29, 1.82) is 0 Å². The number of nitrogens with one attached hydrogen (secondary N) is 1. The van der Waals surface area contributed by atoms with E-state index in [9.17, 15) is 4.79 Å². The van der Waals surface area contributed by atoms with Gasteiger partial charge in [-0.3, -0.25) is 0 Å². The largest absolute Gasteiger partial charge is 0.371 e. The van der Waals surface area contributed by atoms with Crippen molar-refractivity contribution in [2.75, 3.05) is 12.4 Å². The van der Waals surface area contributed by atoms with Crippen molar-refractivity contribution >= 4 is 39.4 Å². The van der Waals surface area contributed by atoms with Crippen molar-refractivity contribution in [3.63, 3.8) is 0 Å². The Bertz CT molecular complexity index is 1130. The van der Waals surface area contributed by atoms with E-state index in [2.05, 4.69) is 15.3 Å². The van der Waals surface area contributed by atoms with Gasteiger partial charge in [0, 0.05) is 30.7 Å². The molecule has 0 unspecified atom stereocenters. The van der Waals surface area contributed by atoms with Crippen molar-refractivity contribution in [2.24, 2.45) is 7.05 Å². The van der Waals surface area contributed by atoms with E-state index in [0.717, 1.165) is 21.9 Å². The minimum absolute atomic E-state index is 0.391. The lowest BCUT2D eigenvalue weighted by molar-refractivity contribution is 0.914. The van der Waals surface area contributed by atoms with Crippen LogP contribution < -0.4 is 11.0 Å². The van der Waals surface area contributed by atoms with Crippen molar-refractivity contribution in [2.45, 2.75) is 0 Å². The van der Waals surface area contributed by atoms with Gasteiger partial charge in [-0.15, -0.1) is 0 Å². The fourth-order valence-electron chi connectivity index (χ4n) is 3.06. The Morgan fingerprint density at radius 1 is 1.17 bits per heavy atom. The van der Waals surface area contributed by atoms with Crippen LogP contribution >= 0.6 is 11.6 Å². The summed E-state index contributed by atoms with van der Waals surface area (Å²) < 4.78 is 3.52. The van der Waals surface area contributed by atoms with Crippen molar-refractivity contribution in [1.82, 2.24) is 19.1 Å². The van der Waals surface area contributed by atoms with Gasteiger partial charge in [0.05, 0.1) is 11.0 Å². The number of fused-ring (bicyclic) bond motifs is 3. The second-order valence-electron chi connectivity index (χ2n) is 5.43. The van der Waals surface area contributed by atoms with Gasteiger partial charge >= 0.3 is 5.69 Å². The van der Waals surface area contributed by atoms with Crippen LogP contribution in [-0.4, -0.2) is 26.1 Å². The van der Waals surface area contributed by atoms with E-state index in [1.807, 2.05) is 35.9 Å². The predicted octanol–water partition coefficient (Wildman–Crippen LogP) is 2.97. The van der Waals surface area contributed by atoms with Crippen LogP contribution in [0.25, 0.3) is 27.8 Å². The molecule has 3 heterocycles. The lowest BCUT2D eigenvalue weighted by Crippen LogP contribution is -2.23. The fourth-order valence-corrected chi connectivity index (χ4v) is 3.23. The first-order valence-corrected chi connectivity index (χ1v) is 7.79. The van der Waals surface area contributed by atoms with Crippen LogP contribution in [0.3, 0.4) is 0 Å². The van der Waals surface area contributed by atoms with Crippen LogP contribution in [-0.2, 0) is 7.05 Å². The lowest BCUT2D eigenvalue weighted by atomic mass is 10.2. The van der Waals surface area contributed by atoms with E-state index in [0.29, 0.717) is 16.7 Å². The van der Waals surface area contributed by atoms with Gasteiger partial charge in [-0.1, -0.05) is 17.7 Å². The van der Waals surface area contributed by atoms with Gasteiger partial charge in [0.25, 0.3) is 0 Å². The molecule has 0 aliphatic rings. The van der Waals surface area contributed by atoms with E-state index in [1.54, 1.807) is 25.4 Å². The van der Waals surface area contributed by atoms with E-state index < -0.39 is 5.69 Å². The minimum atomic E-state index is -0.391. The third-order valence-corrected chi connectivity index (χ3v) is 4.33. The summed E-state index contributed by atoms with van der Waals surface area (Å²) in [6, 6.07) is 11.1. The molecule has 7 heteroatoms. The van der Waals surface area contributed by atoms with E-state index in [-0.39, 0.29) is 0 Å². The molecule has 0 bridgehead atoms. The zero-order chi connectivity index (χ0) is 16.8. The average Bonchev–Trinajstić information content (AvgIpc) is 2.87. The maximum absolute atomic E-state index is 12.7. The van der Waals surface area contributed by atoms with Gasteiger partial charge in [-0.2, -0.15) is 4.98 Å². The molecule has 4 rings (SSSR count). The van der Waals surface area contributed by atoms with Gasteiger partial charge in [0.2, 0.25) is 0 Å². The molecule has 120 valence electrons. The van der Waals surface area contributed by atoms with Gasteiger partial charge in [-0.25, -0.2) is 14.3 Å². The molecule has 0 amide bonds. The molecule has 24 heavy (non-hydrogen) atoms. The number of anilines is 1. The number of hydrogen-bond donors (Lipinski definition) is 1. The number of benzene rings is 1. The summed E-state index contributed by atoms with van der Waals surface area (Å²) in [5.41, 5.74) is 2.12. The third-order valence-electron chi connectivity index (χ3n) is 4.10. The summed E-state index contributed by atoms with van der Waals surface area (Å²) in [5, 5.41) is 4.49. The van der Waals surface area contributed by atoms with Gasteiger partial charge in [-0.05, 0) is 30.3 Å². The topological polar surface area (TPSA) is 64.7 Å². The Labute approximate surface area is 142 Å². The molecule has 0 saturated carbocycles. The molecular weight excluding hydrogens is 326 g/mol. The molecule has 0 aliphatic heterocycles. The standard InChI is InChI=1S/C17H14ClN5O/c1-19-16-15-14(11-9-10(18)6-7-12(11)22(15)2)23(17(24)21-16)13-5-3-4-8-20-13/h3-9H,1-2H3,(H,19,21,24). The molecule has 0 radical (unpaired) electrons. The number of nitrogens with zero attached hydrogens (tertiary/aromatic N) is 4. The van der Waals surface area contributed by atoms with Gasteiger partial charge < -0.3 is 9.88 Å². The third kappa shape index (κ3) is 2.00. The van der Waals surface area contributed by atoms with Crippen LogP contribution in [0.5, 0.6) is 0 Å². The molecule has 0 saturated heterocycles. The minimum Gasteiger partial charge on any atom is -0.371 e. The van der Waals surface area contributed by atoms with E-state index in [4.69, 9.17) is 11.6 Å². The number of rotatable bonds is 2. The first kappa shape index (κ1) is 14.7. The van der Waals surface area contributed by atoms with Crippen molar-refractivity contribution in [3.8, 4) is 5.82 Å². The van der Waals surface area contributed by atoms with Crippen LogP contribution in [0, 0.1) is 0 Å². The lowest BCUT2D eigenvalue weighted by Gasteiger charge is -2.10. The maximum Gasteiger partial charge on any atom is 0.355 e. The normalized spacial score (nSPS) is 11.3. The number of aromatic nitrogens is 4. The molecule has 6 nitrogen and oxygen atoms in total. The zero-order valence-corrected chi connectivity index (χ0v) is 13.9. The summed E-state index contributed by atoms with van der Waals surface area (Å²) >= 11 is 6.20. The highest BCUT2D eigenvalue weighted by atomic mass is 35.5. The number of aryl methyl sites for hydroxylation is 1. The molecular formula is C17H14ClN5O.